The number of rotatable bonds is 8. The number of furan rings is 1. The van der Waals surface area contributed by atoms with E-state index in [-0.39, 0.29) is 0 Å². The molecular formula is C68H43N3O. The molecule has 11 aromatic carbocycles. The molecule has 0 aliphatic carbocycles. The summed E-state index contributed by atoms with van der Waals surface area (Å²) in [6.45, 7) is 0. The third kappa shape index (κ3) is 7.08. The molecule has 0 aliphatic heterocycles. The number of benzene rings is 11. The summed E-state index contributed by atoms with van der Waals surface area (Å²) in [7, 11) is 0. The van der Waals surface area contributed by atoms with Crippen molar-refractivity contribution in [3.63, 3.8) is 0 Å². The first-order chi connectivity index (χ1) is 35.7. The average Bonchev–Trinajstić information content (AvgIpc) is 4.01. The van der Waals surface area contributed by atoms with Gasteiger partial charge in [-0.05, 0) is 104 Å². The third-order valence-corrected chi connectivity index (χ3v) is 14.3. The maximum absolute atomic E-state index is 6.52. The minimum Gasteiger partial charge on any atom is -0.455 e. The van der Waals surface area contributed by atoms with Crippen LogP contribution in [-0.4, -0.2) is 14.5 Å². The molecule has 3 aromatic heterocycles. The van der Waals surface area contributed by atoms with E-state index >= 15 is 0 Å². The number of hydrogen-bond donors (Lipinski definition) is 0. The van der Waals surface area contributed by atoms with Gasteiger partial charge in [0.1, 0.15) is 11.2 Å². The van der Waals surface area contributed by atoms with Gasteiger partial charge in [-0.3, -0.25) is 0 Å². The van der Waals surface area contributed by atoms with Gasteiger partial charge in [0.05, 0.1) is 22.4 Å². The lowest BCUT2D eigenvalue weighted by atomic mass is 9.92. The SMILES string of the molecule is c1ccc(-c2ccc(-c3cc(-c4ccc(-c5ccccc5)cc4)nc(-c4ccc(-n5c6ccccc6c6cc(-c7cccc8c(-c9cccc%10c9oc9ccccc9%10)cccc78)ccc65)cc4)n3)cc2)cc1. The van der Waals surface area contributed by atoms with Gasteiger partial charge < -0.3 is 8.98 Å². The zero-order valence-corrected chi connectivity index (χ0v) is 39.1. The molecule has 0 amide bonds. The smallest absolute Gasteiger partial charge is 0.160 e. The Morgan fingerprint density at radius 1 is 0.278 bits per heavy atom. The number of fused-ring (bicyclic) bond motifs is 7. The zero-order valence-electron chi connectivity index (χ0n) is 39.1. The summed E-state index contributed by atoms with van der Waals surface area (Å²) in [5, 5.41) is 7.05. The van der Waals surface area contributed by atoms with Gasteiger partial charge in [-0.15, -0.1) is 0 Å². The standard InChI is InChI=1S/C68H43N3O/c1-3-14-44(15-4-1)46-28-32-48(33-29-46)62-43-63(49-34-30-47(31-35-49)45-16-5-2-6-17-45)70-68(69-62)50-36-39-52(40-37-50)71-64-26-9-7-18-57(64)61-42-51(38-41-65(61)71)53-20-11-22-55-54(53)21-12-23-56(55)59-24-13-25-60-58-19-8-10-27-66(58)72-67(59)60/h1-43H. The van der Waals surface area contributed by atoms with Gasteiger partial charge >= 0.3 is 0 Å². The molecule has 0 radical (unpaired) electrons. The van der Waals surface area contributed by atoms with E-state index < -0.39 is 0 Å². The van der Waals surface area contributed by atoms with Gasteiger partial charge in [-0.2, -0.15) is 0 Å². The lowest BCUT2D eigenvalue weighted by Gasteiger charge is -2.13. The molecule has 0 atom stereocenters. The van der Waals surface area contributed by atoms with E-state index in [1.54, 1.807) is 0 Å². The molecular weight excluding hydrogens is 875 g/mol. The van der Waals surface area contributed by atoms with Crippen LogP contribution in [0, 0.1) is 0 Å². The Labute approximate surface area is 416 Å². The van der Waals surface area contributed by atoms with Crippen LogP contribution in [0.4, 0.5) is 0 Å². The van der Waals surface area contributed by atoms with E-state index in [1.807, 2.05) is 24.3 Å². The van der Waals surface area contributed by atoms with Crippen LogP contribution in [0.2, 0.25) is 0 Å². The highest BCUT2D eigenvalue weighted by Crippen LogP contribution is 2.42. The predicted octanol–water partition coefficient (Wildman–Crippen LogP) is 18.3. The van der Waals surface area contributed by atoms with Gasteiger partial charge in [0.2, 0.25) is 0 Å². The average molecular weight is 918 g/mol. The molecule has 14 aromatic rings. The minimum atomic E-state index is 0.674. The monoisotopic (exact) mass is 917 g/mol. The fraction of sp³-hybridized carbons (Fsp3) is 0. The van der Waals surface area contributed by atoms with Crippen LogP contribution in [0.25, 0.3) is 139 Å². The first-order valence-electron chi connectivity index (χ1n) is 24.5. The quantitative estimate of drug-likeness (QED) is 0.153. The molecule has 0 saturated heterocycles. The number of aromatic nitrogens is 3. The molecule has 3 heterocycles. The number of hydrogen-bond acceptors (Lipinski definition) is 3. The molecule has 336 valence electrons. The summed E-state index contributed by atoms with van der Waals surface area (Å²) in [5.74, 6) is 0.674. The maximum atomic E-state index is 6.52. The van der Waals surface area contributed by atoms with Crippen LogP contribution >= 0.6 is 0 Å². The largest absolute Gasteiger partial charge is 0.455 e. The Morgan fingerprint density at radius 3 is 1.42 bits per heavy atom. The molecule has 0 unspecified atom stereocenters. The fourth-order valence-corrected chi connectivity index (χ4v) is 10.7. The van der Waals surface area contributed by atoms with E-state index in [0.717, 1.165) is 77.9 Å². The molecule has 0 N–H and O–H groups in total. The Kier molecular flexibility index (Phi) is 9.82. The molecule has 0 saturated carbocycles. The van der Waals surface area contributed by atoms with E-state index in [9.17, 15) is 0 Å². The van der Waals surface area contributed by atoms with Crippen LogP contribution < -0.4 is 0 Å². The lowest BCUT2D eigenvalue weighted by molar-refractivity contribution is 0.670. The zero-order chi connectivity index (χ0) is 47.5. The predicted molar refractivity (Wildman–Crippen MR) is 299 cm³/mol. The van der Waals surface area contributed by atoms with Gasteiger partial charge in [-0.25, -0.2) is 9.97 Å². The van der Waals surface area contributed by atoms with E-state index in [0.29, 0.717) is 5.82 Å². The highest BCUT2D eigenvalue weighted by molar-refractivity contribution is 6.15. The van der Waals surface area contributed by atoms with Gasteiger partial charge in [0, 0.05) is 49.5 Å². The molecule has 0 spiro atoms. The van der Waals surface area contributed by atoms with Crippen molar-refractivity contribution in [2.45, 2.75) is 0 Å². The number of para-hydroxylation sites is 3. The Morgan fingerprint density at radius 2 is 0.750 bits per heavy atom. The second-order valence-electron chi connectivity index (χ2n) is 18.5. The fourth-order valence-electron chi connectivity index (χ4n) is 10.7. The summed E-state index contributed by atoms with van der Waals surface area (Å²) < 4.78 is 8.90. The van der Waals surface area contributed by atoms with E-state index in [2.05, 4.69) is 241 Å². The van der Waals surface area contributed by atoms with Crippen molar-refractivity contribution < 1.29 is 4.42 Å². The summed E-state index contributed by atoms with van der Waals surface area (Å²) >= 11 is 0. The molecule has 4 nitrogen and oxygen atoms in total. The molecule has 4 heteroatoms. The van der Waals surface area contributed by atoms with Crippen molar-refractivity contribution in [2.75, 3.05) is 0 Å². The topological polar surface area (TPSA) is 43.9 Å². The maximum Gasteiger partial charge on any atom is 0.160 e. The van der Waals surface area contributed by atoms with Crippen LogP contribution in [-0.2, 0) is 0 Å². The van der Waals surface area contributed by atoms with Crippen molar-refractivity contribution in [3.05, 3.63) is 261 Å². The second kappa shape index (κ2) is 17.1. The van der Waals surface area contributed by atoms with Gasteiger partial charge in [0.15, 0.2) is 5.82 Å². The van der Waals surface area contributed by atoms with Crippen LogP contribution in [0.3, 0.4) is 0 Å². The van der Waals surface area contributed by atoms with Crippen LogP contribution in [0.1, 0.15) is 0 Å². The third-order valence-electron chi connectivity index (χ3n) is 14.3. The molecule has 0 aliphatic rings. The van der Waals surface area contributed by atoms with Crippen LogP contribution in [0.5, 0.6) is 0 Å². The minimum absolute atomic E-state index is 0.674. The van der Waals surface area contributed by atoms with Crippen molar-refractivity contribution in [1.29, 1.82) is 0 Å². The van der Waals surface area contributed by atoms with Crippen molar-refractivity contribution >= 4 is 54.5 Å². The van der Waals surface area contributed by atoms with Crippen molar-refractivity contribution in [1.82, 2.24) is 14.5 Å². The molecule has 14 rings (SSSR count). The summed E-state index contributed by atoms with van der Waals surface area (Å²) in [5.41, 5.74) is 19.2. The molecule has 72 heavy (non-hydrogen) atoms. The summed E-state index contributed by atoms with van der Waals surface area (Å²) in [6.07, 6.45) is 0. The van der Waals surface area contributed by atoms with Gasteiger partial charge in [-0.1, -0.05) is 206 Å². The number of nitrogens with zero attached hydrogens (tertiary/aromatic N) is 3. The lowest BCUT2D eigenvalue weighted by Crippen LogP contribution is -1.97. The van der Waals surface area contributed by atoms with Crippen molar-refractivity contribution in [2.24, 2.45) is 0 Å². The summed E-state index contributed by atoms with van der Waals surface area (Å²) in [6, 6.07) is 92.8. The first-order valence-corrected chi connectivity index (χ1v) is 24.5. The highest BCUT2D eigenvalue weighted by Gasteiger charge is 2.18. The van der Waals surface area contributed by atoms with Crippen LogP contribution in [0.15, 0.2) is 265 Å². The highest BCUT2D eigenvalue weighted by atomic mass is 16.3. The summed E-state index contributed by atoms with van der Waals surface area (Å²) in [4.78, 5) is 10.5. The van der Waals surface area contributed by atoms with E-state index in [4.69, 9.17) is 14.4 Å². The Hall–Kier alpha value is -9.64. The Bertz CT molecular complexity index is 4240. The second-order valence-corrected chi connectivity index (χ2v) is 18.5. The Balaban J connectivity index is 0.842. The first kappa shape index (κ1) is 41.3. The van der Waals surface area contributed by atoms with Crippen molar-refractivity contribution in [3.8, 4) is 84.1 Å². The molecule has 0 bridgehead atoms. The van der Waals surface area contributed by atoms with Gasteiger partial charge in [0.25, 0.3) is 0 Å². The molecule has 0 fully saturated rings. The normalized spacial score (nSPS) is 11.6. The van der Waals surface area contributed by atoms with E-state index in [1.165, 1.54) is 54.9 Å².